The Hall–Kier alpha value is -0.330. The third-order valence-corrected chi connectivity index (χ3v) is 2.86. The predicted molar refractivity (Wildman–Crippen MR) is 56.6 cm³/mol. The molecule has 0 radical (unpaired) electrons. The molecule has 0 N–H and O–H groups in total. The van der Waals surface area contributed by atoms with Crippen molar-refractivity contribution < 1.29 is 17.9 Å². The van der Waals surface area contributed by atoms with Crippen molar-refractivity contribution in [3.8, 4) is 0 Å². The van der Waals surface area contributed by atoms with E-state index in [1.165, 1.54) is 11.3 Å². The average Bonchev–Trinajstić information content (AvgIpc) is 2.63. The quantitative estimate of drug-likeness (QED) is 0.582. The molecular formula is C9H11ClF3NOS. The van der Waals surface area contributed by atoms with E-state index in [2.05, 4.69) is 4.98 Å². The van der Waals surface area contributed by atoms with Gasteiger partial charge in [0.2, 0.25) is 0 Å². The number of rotatable bonds is 6. The third-order valence-electron chi connectivity index (χ3n) is 1.71. The van der Waals surface area contributed by atoms with Crippen LogP contribution in [-0.4, -0.2) is 17.8 Å². The van der Waals surface area contributed by atoms with Crippen LogP contribution in [0.3, 0.4) is 0 Å². The van der Waals surface area contributed by atoms with Gasteiger partial charge in [-0.25, -0.2) is 4.98 Å². The number of halogens is 4. The zero-order valence-corrected chi connectivity index (χ0v) is 9.96. The first-order valence-electron chi connectivity index (χ1n) is 4.65. The van der Waals surface area contributed by atoms with Crippen LogP contribution in [0.1, 0.15) is 23.5 Å². The molecule has 1 aromatic rings. The highest BCUT2D eigenvalue weighted by Crippen LogP contribution is 2.21. The van der Waals surface area contributed by atoms with Crippen molar-refractivity contribution in [2.24, 2.45) is 0 Å². The molecule has 0 saturated heterocycles. The number of aromatic nitrogens is 1. The molecule has 1 rings (SSSR count). The van der Waals surface area contributed by atoms with Crippen molar-refractivity contribution >= 4 is 22.9 Å². The number of alkyl halides is 4. The van der Waals surface area contributed by atoms with Crippen LogP contribution in [0.25, 0.3) is 0 Å². The minimum absolute atomic E-state index is 0.0166. The largest absolute Gasteiger partial charge is 0.389 e. The summed E-state index contributed by atoms with van der Waals surface area (Å²) in [5, 5.41) is 2.55. The summed E-state index contributed by atoms with van der Waals surface area (Å²) in [6, 6.07) is 0. The summed E-state index contributed by atoms with van der Waals surface area (Å²) in [5.74, 6) is 0.338. The molecule has 1 aromatic heterocycles. The highest BCUT2D eigenvalue weighted by Gasteiger charge is 2.25. The molecule has 0 aliphatic carbocycles. The maximum absolute atomic E-state index is 11.8. The van der Waals surface area contributed by atoms with Gasteiger partial charge in [0.25, 0.3) is 0 Å². The monoisotopic (exact) mass is 273 g/mol. The van der Waals surface area contributed by atoms with Crippen LogP contribution in [0, 0.1) is 0 Å². The van der Waals surface area contributed by atoms with Gasteiger partial charge in [0, 0.05) is 18.4 Å². The Kier molecular flexibility index (Phi) is 5.51. The second kappa shape index (κ2) is 6.42. The number of nitrogens with zero attached hydrogens (tertiary/aromatic N) is 1. The summed E-state index contributed by atoms with van der Waals surface area (Å²) in [4.78, 5) is 4.11. The van der Waals surface area contributed by atoms with Gasteiger partial charge in [0.1, 0.15) is 5.01 Å². The van der Waals surface area contributed by atoms with E-state index in [9.17, 15) is 13.2 Å². The first-order valence-corrected chi connectivity index (χ1v) is 6.06. The Labute approximate surface area is 100 Å². The summed E-state index contributed by atoms with van der Waals surface area (Å²) in [6.07, 6.45) is -4.93. The third kappa shape index (κ3) is 5.67. The summed E-state index contributed by atoms with van der Waals surface area (Å²) in [7, 11) is 0. The SMILES string of the molecule is FC(F)(F)CCCOCc1nc(CCl)cs1. The lowest BCUT2D eigenvalue weighted by Crippen LogP contribution is -2.08. The van der Waals surface area contributed by atoms with E-state index >= 15 is 0 Å². The molecule has 0 fully saturated rings. The number of hydrogen-bond donors (Lipinski definition) is 0. The van der Waals surface area contributed by atoms with E-state index in [0.717, 1.165) is 10.7 Å². The molecule has 0 saturated carbocycles. The number of ether oxygens (including phenoxy) is 1. The van der Waals surface area contributed by atoms with E-state index in [4.69, 9.17) is 16.3 Å². The summed E-state index contributed by atoms with van der Waals surface area (Å²) in [6.45, 7) is 0.342. The van der Waals surface area contributed by atoms with Gasteiger partial charge in [-0.2, -0.15) is 13.2 Å². The Bertz CT molecular complexity index is 316. The van der Waals surface area contributed by atoms with Crippen molar-refractivity contribution in [3.63, 3.8) is 0 Å². The lowest BCUT2D eigenvalue weighted by Gasteiger charge is -2.05. The van der Waals surface area contributed by atoms with E-state index in [1.807, 2.05) is 0 Å². The van der Waals surface area contributed by atoms with Crippen molar-refractivity contribution in [2.75, 3.05) is 6.61 Å². The van der Waals surface area contributed by atoms with Crippen molar-refractivity contribution in [1.29, 1.82) is 0 Å². The lowest BCUT2D eigenvalue weighted by molar-refractivity contribution is -0.138. The van der Waals surface area contributed by atoms with Crippen LogP contribution >= 0.6 is 22.9 Å². The fraction of sp³-hybridized carbons (Fsp3) is 0.667. The topological polar surface area (TPSA) is 22.1 Å². The van der Waals surface area contributed by atoms with E-state index in [1.54, 1.807) is 5.38 Å². The fourth-order valence-corrected chi connectivity index (χ4v) is 1.97. The van der Waals surface area contributed by atoms with Gasteiger partial charge in [0.05, 0.1) is 18.2 Å². The van der Waals surface area contributed by atoms with Crippen LogP contribution in [-0.2, 0) is 17.2 Å². The Balaban J connectivity index is 2.11. The molecule has 0 amide bonds. The molecule has 1 heterocycles. The summed E-state index contributed by atoms with van der Waals surface area (Å²) in [5.41, 5.74) is 0.764. The summed E-state index contributed by atoms with van der Waals surface area (Å²) >= 11 is 6.95. The highest BCUT2D eigenvalue weighted by molar-refractivity contribution is 7.09. The second-order valence-electron chi connectivity index (χ2n) is 3.14. The molecule has 16 heavy (non-hydrogen) atoms. The predicted octanol–water partition coefficient (Wildman–Crippen LogP) is 3.74. The molecule has 2 nitrogen and oxygen atoms in total. The zero-order chi connectivity index (χ0) is 12.0. The van der Waals surface area contributed by atoms with Crippen LogP contribution in [0.4, 0.5) is 13.2 Å². The van der Waals surface area contributed by atoms with E-state index in [0.29, 0.717) is 5.88 Å². The Morgan fingerprint density at radius 2 is 2.19 bits per heavy atom. The first kappa shape index (κ1) is 13.7. The van der Waals surface area contributed by atoms with Gasteiger partial charge in [-0.1, -0.05) is 0 Å². The molecule has 0 spiro atoms. The zero-order valence-electron chi connectivity index (χ0n) is 8.39. The maximum Gasteiger partial charge on any atom is 0.389 e. The van der Waals surface area contributed by atoms with Gasteiger partial charge >= 0.3 is 6.18 Å². The van der Waals surface area contributed by atoms with Crippen LogP contribution in [0.5, 0.6) is 0 Å². The van der Waals surface area contributed by atoms with E-state index in [-0.39, 0.29) is 19.6 Å². The van der Waals surface area contributed by atoms with Gasteiger partial charge in [0.15, 0.2) is 0 Å². The Morgan fingerprint density at radius 3 is 2.75 bits per heavy atom. The number of hydrogen-bond acceptors (Lipinski definition) is 3. The molecule has 0 aliphatic heterocycles. The van der Waals surface area contributed by atoms with Crippen LogP contribution < -0.4 is 0 Å². The minimum atomic E-state index is -4.10. The molecular weight excluding hydrogens is 263 g/mol. The Morgan fingerprint density at radius 1 is 1.44 bits per heavy atom. The molecule has 7 heteroatoms. The van der Waals surface area contributed by atoms with Crippen molar-refractivity contribution in [1.82, 2.24) is 4.98 Å². The minimum Gasteiger partial charge on any atom is -0.374 e. The average molecular weight is 274 g/mol. The lowest BCUT2D eigenvalue weighted by atomic mass is 10.3. The summed E-state index contributed by atoms with van der Waals surface area (Å²) < 4.78 is 40.4. The van der Waals surface area contributed by atoms with Crippen molar-refractivity contribution in [2.45, 2.75) is 31.5 Å². The van der Waals surface area contributed by atoms with Crippen LogP contribution in [0.15, 0.2) is 5.38 Å². The fourth-order valence-electron chi connectivity index (χ4n) is 1.01. The van der Waals surface area contributed by atoms with Gasteiger partial charge < -0.3 is 4.74 Å². The van der Waals surface area contributed by atoms with Crippen molar-refractivity contribution in [3.05, 3.63) is 16.1 Å². The van der Waals surface area contributed by atoms with Gasteiger partial charge in [-0.3, -0.25) is 0 Å². The normalized spacial score (nSPS) is 12.0. The molecule has 0 unspecified atom stereocenters. The molecule has 0 aromatic carbocycles. The molecule has 92 valence electrons. The highest BCUT2D eigenvalue weighted by atomic mass is 35.5. The molecule has 0 aliphatic rings. The van der Waals surface area contributed by atoms with Crippen LogP contribution in [0.2, 0.25) is 0 Å². The maximum atomic E-state index is 11.8. The first-order chi connectivity index (χ1) is 7.51. The van der Waals surface area contributed by atoms with Gasteiger partial charge in [-0.05, 0) is 6.42 Å². The number of thiazole rings is 1. The molecule has 0 atom stereocenters. The second-order valence-corrected chi connectivity index (χ2v) is 4.35. The standard InChI is InChI=1S/C9H11ClF3NOS/c10-4-7-6-16-8(14-7)5-15-3-1-2-9(11,12)13/h6H,1-5H2. The molecule has 0 bridgehead atoms. The smallest absolute Gasteiger partial charge is 0.374 e. The van der Waals surface area contributed by atoms with Gasteiger partial charge in [-0.15, -0.1) is 22.9 Å². The van der Waals surface area contributed by atoms with E-state index < -0.39 is 12.6 Å².